The number of benzene rings is 4. The van der Waals surface area contributed by atoms with Crippen LogP contribution >= 0.6 is 0 Å². The average molecular weight is 527 g/mol. The van der Waals surface area contributed by atoms with Gasteiger partial charge < -0.3 is 4.74 Å². The van der Waals surface area contributed by atoms with Crippen molar-refractivity contribution < 1.29 is 14.3 Å². The summed E-state index contributed by atoms with van der Waals surface area (Å²) in [6.07, 6.45) is 2.90. The van der Waals surface area contributed by atoms with E-state index in [1.807, 2.05) is 67.7 Å². The second-order valence-corrected chi connectivity index (χ2v) is 10.7. The van der Waals surface area contributed by atoms with E-state index in [9.17, 15) is 9.59 Å². The molecule has 4 aromatic rings. The fourth-order valence-corrected chi connectivity index (χ4v) is 7.20. The quantitative estimate of drug-likeness (QED) is 0.210. The number of anilines is 1. The minimum atomic E-state index is -0.891. The summed E-state index contributed by atoms with van der Waals surface area (Å²) in [5.74, 6) is -1.22. The second-order valence-electron chi connectivity index (χ2n) is 10.7. The Bertz CT molecular complexity index is 1620. The summed E-state index contributed by atoms with van der Waals surface area (Å²) < 4.78 is 5.87. The zero-order valence-corrected chi connectivity index (χ0v) is 22.6. The number of rotatable bonds is 6. The maximum atomic E-state index is 14.6. The first kappa shape index (κ1) is 24.5. The van der Waals surface area contributed by atoms with Crippen molar-refractivity contribution in [1.82, 2.24) is 0 Å². The van der Waals surface area contributed by atoms with Gasteiger partial charge in [0.25, 0.3) is 0 Å². The van der Waals surface area contributed by atoms with E-state index >= 15 is 0 Å². The molecule has 198 valence electrons. The van der Waals surface area contributed by atoms with Crippen molar-refractivity contribution in [2.75, 3.05) is 11.5 Å². The first-order valence-electron chi connectivity index (χ1n) is 14.0. The van der Waals surface area contributed by atoms with Crippen LogP contribution in [0, 0.1) is 11.8 Å². The summed E-state index contributed by atoms with van der Waals surface area (Å²) >= 11 is 0. The maximum Gasteiger partial charge on any atom is 0.239 e. The third-order valence-electron chi connectivity index (χ3n) is 8.85. The molecule has 3 aliphatic carbocycles. The third-order valence-corrected chi connectivity index (χ3v) is 8.85. The van der Waals surface area contributed by atoms with Crippen molar-refractivity contribution >= 4 is 29.4 Å². The summed E-state index contributed by atoms with van der Waals surface area (Å²) in [7, 11) is 0. The van der Waals surface area contributed by atoms with E-state index < -0.39 is 17.3 Å². The fourth-order valence-electron chi connectivity index (χ4n) is 7.20. The summed E-state index contributed by atoms with van der Waals surface area (Å²) in [5.41, 5.74) is 5.96. The lowest BCUT2D eigenvalue weighted by Gasteiger charge is -2.52. The van der Waals surface area contributed by atoms with E-state index in [1.165, 1.54) is 10.5 Å². The Kier molecular flexibility index (Phi) is 5.70. The number of carbonyl (C=O) groups is 2. The molecular weight excluding hydrogens is 496 g/mol. The number of ether oxygens (including phenoxy) is 1. The van der Waals surface area contributed by atoms with Gasteiger partial charge in [-0.2, -0.15) is 0 Å². The van der Waals surface area contributed by atoms with Crippen LogP contribution in [0.2, 0.25) is 0 Å². The van der Waals surface area contributed by atoms with Crippen molar-refractivity contribution in [2.45, 2.75) is 31.6 Å². The molecule has 5 nitrogen and oxygen atoms in total. The topological polar surface area (TPSA) is 59.0 Å². The number of imide groups is 1. The smallest absolute Gasteiger partial charge is 0.239 e. The molecule has 0 radical (unpaired) electrons. The van der Waals surface area contributed by atoms with Crippen molar-refractivity contribution in [3.63, 3.8) is 0 Å². The van der Waals surface area contributed by atoms with E-state index in [4.69, 9.17) is 9.73 Å². The number of para-hydroxylation sites is 2. The number of amides is 2. The molecule has 2 amide bonds. The molecule has 4 aromatic carbocycles. The Morgan fingerprint density at radius 2 is 1.43 bits per heavy atom. The normalized spacial score (nSPS) is 24.2. The summed E-state index contributed by atoms with van der Waals surface area (Å²) in [4.78, 5) is 35.4. The first-order chi connectivity index (χ1) is 19.6. The lowest BCUT2D eigenvalue weighted by molar-refractivity contribution is -0.122. The summed E-state index contributed by atoms with van der Waals surface area (Å²) in [5, 5.41) is 0. The summed E-state index contributed by atoms with van der Waals surface area (Å²) in [6, 6.07) is 32.0. The van der Waals surface area contributed by atoms with E-state index in [1.54, 1.807) is 6.07 Å². The predicted octanol–water partition coefficient (Wildman–Crippen LogP) is 6.60. The Morgan fingerprint density at radius 3 is 2.08 bits per heavy atom. The van der Waals surface area contributed by atoms with Crippen LogP contribution in [0.4, 0.5) is 11.4 Å². The van der Waals surface area contributed by atoms with Gasteiger partial charge in [0, 0.05) is 12.1 Å². The molecule has 4 aliphatic rings. The molecule has 1 saturated heterocycles. The third kappa shape index (κ3) is 3.30. The molecular formula is C35H30N2O3. The Morgan fingerprint density at radius 1 is 0.800 bits per heavy atom. The number of nitrogens with zero attached hydrogens (tertiary/aromatic N) is 2. The van der Waals surface area contributed by atoms with Gasteiger partial charge in [0.15, 0.2) is 0 Å². The standard InChI is InChI=1S/C35H30N2O3/c1-3-22-17-19-23(20-18-22)36-21-35-26-13-7-5-11-24(26)30(25-12-6-8-14-27(25)35)31-32(35)34(39)37(33(31)38)28-15-9-10-16-29(28)40-4-2/h5-21,30-32H,3-4H2,1-2H3/t30?,31-,32-,35?/m0/s1. The highest BCUT2D eigenvalue weighted by Crippen LogP contribution is 2.64. The molecule has 40 heavy (non-hydrogen) atoms. The van der Waals surface area contributed by atoms with Crippen molar-refractivity contribution in [2.24, 2.45) is 16.8 Å². The molecule has 8 rings (SSSR count). The van der Waals surface area contributed by atoms with Gasteiger partial charge in [0.1, 0.15) is 5.75 Å². The molecule has 0 aromatic heterocycles. The van der Waals surface area contributed by atoms with Crippen molar-refractivity contribution in [3.8, 4) is 5.75 Å². The van der Waals surface area contributed by atoms with Crippen LogP contribution in [0.5, 0.6) is 5.75 Å². The van der Waals surface area contributed by atoms with Gasteiger partial charge in [0.2, 0.25) is 11.8 Å². The van der Waals surface area contributed by atoms with Gasteiger partial charge in [0.05, 0.1) is 35.2 Å². The Balaban J connectivity index is 1.47. The van der Waals surface area contributed by atoms with E-state index in [2.05, 4.69) is 43.3 Å². The predicted molar refractivity (Wildman–Crippen MR) is 157 cm³/mol. The van der Waals surface area contributed by atoms with Crippen LogP contribution < -0.4 is 9.64 Å². The van der Waals surface area contributed by atoms with Gasteiger partial charge in [-0.25, -0.2) is 4.90 Å². The van der Waals surface area contributed by atoms with E-state index in [0.717, 1.165) is 34.4 Å². The van der Waals surface area contributed by atoms with Crippen LogP contribution in [-0.2, 0) is 21.4 Å². The number of aliphatic imine (C=N–C) groups is 1. The molecule has 1 fully saturated rings. The van der Waals surface area contributed by atoms with Gasteiger partial charge in [-0.05, 0) is 65.4 Å². The first-order valence-corrected chi connectivity index (χ1v) is 14.0. The molecule has 0 N–H and O–H groups in total. The fraction of sp³-hybridized carbons (Fsp3) is 0.229. The number of hydrogen-bond acceptors (Lipinski definition) is 4. The maximum absolute atomic E-state index is 14.6. The van der Waals surface area contributed by atoms with Gasteiger partial charge in [-0.3, -0.25) is 14.6 Å². The monoisotopic (exact) mass is 526 g/mol. The molecule has 0 saturated carbocycles. The SMILES string of the molecule is CCOc1ccccc1N1C(=O)[C@@H]2[C@@H](C1=O)C1c3ccccc3C2(C=Nc2ccc(CC)cc2)c2ccccc21. The largest absolute Gasteiger partial charge is 0.492 e. The molecule has 0 unspecified atom stereocenters. The van der Waals surface area contributed by atoms with Crippen LogP contribution in [0.25, 0.3) is 0 Å². The zero-order chi connectivity index (χ0) is 27.4. The highest BCUT2D eigenvalue weighted by molar-refractivity contribution is 6.25. The summed E-state index contributed by atoms with van der Waals surface area (Å²) in [6.45, 7) is 4.47. The molecule has 1 heterocycles. The van der Waals surface area contributed by atoms with E-state index in [0.29, 0.717) is 18.0 Å². The average Bonchev–Trinajstić information content (AvgIpc) is 3.27. The highest BCUT2D eigenvalue weighted by atomic mass is 16.5. The zero-order valence-electron chi connectivity index (χ0n) is 22.6. The van der Waals surface area contributed by atoms with Crippen molar-refractivity contribution in [1.29, 1.82) is 0 Å². The minimum absolute atomic E-state index is 0.179. The van der Waals surface area contributed by atoms with Gasteiger partial charge in [-0.1, -0.05) is 79.7 Å². The van der Waals surface area contributed by atoms with Crippen LogP contribution in [0.3, 0.4) is 0 Å². The van der Waals surface area contributed by atoms with Crippen molar-refractivity contribution in [3.05, 3.63) is 125 Å². The second kappa shape index (κ2) is 9.30. The number of hydrogen-bond donors (Lipinski definition) is 0. The minimum Gasteiger partial charge on any atom is -0.492 e. The Labute approximate surface area is 234 Å². The van der Waals surface area contributed by atoms with Crippen LogP contribution in [-0.4, -0.2) is 24.6 Å². The van der Waals surface area contributed by atoms with Crippen LogP contribution in [0.15, 0.2) is 102 Å². The number of aryl methyl sites for hydroxylation is 1. The molecule has 1 aliphatic heterocycles. The van der Waals surface area contributed by atoms with Crippen LogP contribution in [0.1, 0.15) is 47.6 Å². The van der Waals surface area contributed by atoms with Gasteiger partial charge in [-0.15, -0.1) is 0 Å². The molecule has 2 atom stereocenters. The lowest BCUT2D eigenvalue weighted by atomic mass is 9.47. The molecule has 0 spiro atoms. The molecule has 2 bridgehead atoms. The molecule has 5 heteroatoms. The van der Waals surface area contributed by atoms with Gasteiger partial charge >= 0.3 is 0 Å². The van der Waals surface area contributed by atoms with E-state index in [-0.39, 0.29) is 17.7 Å². The Hall–Kier alpha value is -4.51. The highest BCUT2D eigenvalue weighted by Gasteiger charge is 2.68. The number of carbonyl (C=O) groups excluding carboxylic acids is 2. The lowest BCUT2D eigenvalue weighted by Crippen LogP contribution is -2.54.